The minimum absolute atomic E-state index is 0.00137. The normalized spacial score (nSPS) is 18.4. The lowest BCUT2D eigenvalue weighted by Gasteiger charge is -2.23. The van der Waals surface area contributed by atoms with E-state index < -0.39 is 4.92 Å². The first-order chi connectivity index (χ1) is 17.3. The summed E-state index contributed by atoms with van der Waals surface area (Å²) >= 11 is 1.63. The number of nitrogens with zero attached hydrogens (tertiary/aromatic N) is 1. The summed E-state index contributed by atoms with van der Waals surface area (Å²) in [6.07, 6.45) is 8.47. The van der Waals surface area contributed by atoms with E-state index in [1.807, 2.05) is 0 Å². The lowest BCUT2D eigenvalue weighted by molar-refractivity contribution is -0.477. The Bertz CT molecular complexity index is 1090. The van der Waals surface area contributed by atoms with Crippen molar-refractivity contribution in [3.63, 3.8) is 0 Å². The second kappa shape index (κ2) is 12.0. The minimum Gasteiger partial charge on any atom is -0.352 e. The maximum absolute atomic E-state index is 13.1. The first-order valence-corrected chi connectivity index (χ1v) is 13.8. The van der Waals surface area contributed by atoms with Gasteiger partial charge in [-0.1, -0.05) is 29.8 Å². The fourth-order valence-corrected chi connectivity index (χ4v) is 5.77. The number of carbonyl (C=O) groups excluding carboxylic acids is 2. The van der Waals surface area contributed by atoms with Crippen molar-refractivity contribution in [2.45, 2.75) is 58.3 Å². The summed E-state index contributed by atoms with van der Waals surface area (Å²) in [6.45, 7) is 2.88. The Morgan fingerprint density at radius 1 is 1.11 bits per heavy atom. The van der Waals surface area contributed by atoms with Gasteiger partial charge in [-0.2, -0.15) is 0 Å². The molecule has 2 fully saturated rings. The molecule has 0 spiro atoms. The minimum atomic E-state index is -0.444. The molecule has 1 aromatic carbocycles. The van der Waals surface area contributed by atoms with Gasteiger partial charge in [0.25, 0.3) is 5.91 Å². The van der Waals surface area contributed by atoms with Crippen molar-refractivity contribution in [1.29, 1.82) is 0 Å². The first kappa shape index (κ1) is 26.3. The quantitative estimate of drug-likeness (QED) is 0.344. The molecule has 1 unspecified atom stereocenters. The van der Waals surface area contributed by atoms with Gasteiger partial charge in [0.15, 0.2) is 0 Å². The highest BCUT2D eigenvalue weighted by atomic mass is 32.1. The number of anilines is 1. The van der Waals surface area contributed by atoms with Crippen molar-refractivity contribution < 1.29 is 14.5 Å². The van der Waals surface area contributed by atoms with Crippen molar-refractivity contribution in [2.75, 3.05) is 25.0 Å². The van der Waals surface area contributed by atoms with E-state index in [1.165, 1.54) is 34.4 Å². The number of hydrogen-bond acceptors (Lipinski definition) is 6. The van der Waals surface area contributed by atoms with Crippen LogP contribution >= 0.6 is 11.3 Å². The van der Waals surface area contributed by atoms with E-state index in [4.69, 9.17) is 5.73 Å². The van der Waals surface area contributed by atoms with E-state index in [-0.39, 0.29) is 30.8 Å². The van der Waals surface area contributed by atoms with Gasteiger partial charge in [0.1, 0.15) is 5.00 Å². The zero-order chi connectivity index (χ0) is 25.7. The average Bonchev–Trinajstić information content (AvgIpc) is 3.76. The molecule has 1 heterocycles. The molecule has 1 aromatic heterocycles. The fraction of sp³-hybridized carbons (Fsp3) is 0.556. The molecule has 0 saturated heterocycles. The molecular weight excluding hydrogens is 476 g/mol. The number of benzene rings is 1. The highest BCUT2D eigenvalue weighted by Gasteiger charge is 2.34. The van der Waals surface area contributed by atoms with Crippen molar-refractivity contribution >= 4 is 28.2 Å². The van der Waals surface area contributed by atoms with Gasteiger partial charge in [-0.25, -0.2) is 0 Å². The van der Waals surface area contributed by atoms with Gasteiger partial charge < -0.3 is 16.4 Å². The van der Waals surface area contributed by atoms with Crippen LogP contribution in [0.4, 0.5) is 5.00 Å². The van der Waals surface area contributed by atoms with Crippen LogP contribution in [0.3, 0.4) is 0 Å². The Kier molecular flexibility index (Phi) is 8.74. The smallest absolute Gasteiger partial charge is 0.254 e. The van der Waals surface area contributed by atoms with E-state index in [9.17, 15) is 19.7 Å². The van der Waals surface area contributed by atoms with Gasteiger partial charge in [-0.15, -0.1) is 11.3 Å². The molecule has 3 aliphatic carbocycles. The third kappa shape index (κ3) is 7.36. The number of hydrogen-bond donors (Lipinski definition) is 3. The Labute approximate surface area is 216 Å². The van der Waals surface area contributed by atoms with Gasteiger partial charge in [0.2, 0.25) is 12.5 Å². The fourth-order valence-electron chi connectivity index (χ4n) is 4.53. The van der Waals surface area contributed by atoms with Crippen LogP contribution in [-0.2, 0) is 24.1 Å². The maximum Gasteiger partial charge on any atom is 0.254 e. The van der Waals surface area contributed by atoms with Crippen molar-refractivity contribution in [3.8, 4) is 0 Å². The average molecular weight is 513 g/mol. The zero-order valence-corrected chi connectivity index (χ0v) is 21.7. The molecule has 36 heavy (non-hydrogen) atoms. The third-order valence-electron chi connectivity index (χ3n) is 6.98. The van der Waals surface area contributed by atoms with Gasteiger partial charge in [0.05, 0.1) is 12.1 Å². The maximum atomic E-state index is 13.1. The number of nitro groups is 1. The van der Waals surface area contributed by atoms with Gasteiger partial charge in [-0.3, -0.25) is 19.7 Å². The Morgan fingerprint density at radius 2 is 1.83 bits per heavy atom. The molecular formula is C27H36N4O4S. The highest BCUT2D eigenvalue weighted by Crippen LogP contribution is 2.42. The molecule has 0 radical (unpaired) electrons. The standard InChI is InChI=1S/C25H30N2O2S.C2H6N2O2/c1-15-2-4-16(5-3-15)12-18-8-11-21-20(13-18)22(24(29)26-14-17-6-7-17)25(30-21)27-23(28)19-9-10-19;3-1-2-4(5)6/h2-5,17-19H,6-14H2,1H3,(H,26,29)(H,27,28);1-3H2. The van der Waals surface area contributed by atoms with Crippen LogP contribution in [0.25, 0.3) is 0 Å². The van der Waals surface area contributed by atoms with E-state index in [2.05, 4.69) is 41.8 Å². The summed E-state index contributed by atoms with van der Waals surface area (Å²) in [5.74, 6) is 1.40. The lowest BCUT2D eigenvalue weighted by Crippen LogP contribution is -2.28. The van der Waals surface area contributed by atoms with Gasteiger partial charge in [-0.05, 0) is 81.3 Å². The lowest BCUT2D eigenvalue weighted by atomic mass is 9.82. The molecule has 5 rings (SSSR count). The second-order valence-corrected chi connectivity index (χ2v) is 11.4. The second-order valence-electron chi connectivity index (χ2n) is 10.3. The summed E-state index contributed by atoms with van der Waals surface area (Å²) < 4.78 is 0. The summed E-state index contributed by atoms with van der Waals surface area (Å²) in [5.41, 5.74) is 9.37. The van der Waals surface area contributed by atoms with Crippen LogP contribution in [-0.4, -0.2) is 36.4 Å². The summed E-state index contributed by atoms with van der Waals surface area (Å²) in [6, 6.07) is 8.80. The molecule has 4 N–H and O–H groups in total. The summed E-state index contributed by atoms with van der Waals surface area (Å²) in [5, 5.41) is 16.3. The molecule has 9 heteroatoms. The summed E-state index contributed by atoms with van der Waals surface area (Å²) in [4.78, 5) is 35.7. The number of nitrogens with two attached hydrogens (primary N) is 1. The molecule has 2 aromatic rings. The molecule has 0 aliphatic heterocycles. The monoisotopic (exact) mass is 512 g/mol. The SMILES string of the molecule is Cc1ccc(CC2CCc3sc(NC(=O)C4CC4)c(C(=O)NCC4CC4)c3C2)cc1.NCC[N+](=O)[O-]. The van der Waals surface area contributed by atoms with E-state index in [0.29, 0.717) is 11.8 Å². The molecule has 1 atom stereocenters. The van der Waals surface area contributed by atoms with Crippen molar-refractivity contribution in [2.24, 2.45) is 23.5 Å². The van der Waals surface area contributed by atoms with Crippen LogP contribution in [0.2, 0.25) is 0 Å². The van der Waals surface area contributed by atoms with Gasteiger partial charge in [0, 0.05) is 22.3 Å². The number of thiophene rings is 1. The number of rotatable bonds is 9. The molecule has 2 amide bonds. The summed E-state index contributed by atoms with van der Waals surface area (Å²) in [7, 11) is 0. The van der Waals surface area contributed by atoms with E-state index in [1.54, 1.807) is 11.3 Å². The molecule has 3 aliphatic rings. The van der Waals surface area contributed by atoms with Crippen LogP contribution in [0, 0.1) is 34.8 Å². The van der Waals surface area contributed by atoms with Crippen LogP contribution in [0.1, 0.15) is 64.0 Å². The number of fused-ring (bicyclic) bond motifs is 1. The van der Waals surface area contributed by atoms with Crippen LogP contribution in [0.5, 0.6) is 0 Å². The van der Waals surface area contributed by atoms with E-state index >= 15 is 0 Å². The Hall–Kier alpha value is -2.78. The number of aryl methyl sites for hydroxylation is 2. The van der Waals surface area contributed by atoms with Crippen LogP contribution in [0.15, 0.2) is 24.3 Å². The number of amides is 2. The van der Waals surface area contributed by atoms with Crippen molar-refractivity contribution in [3.05, 3.63) is 61.5 Å². The predicted octanol–water partition coefficient (Wildman–Crippen LogP) is 4.11. The Balaban J connectivity index is 0.000000455. The van der Waals surface area contributed by atoms with Gasteiger partial charge >= 0.3 is 0 Å². The van der Waals surface area contributed by atoms with Crippen molar-refractivity contribution in [1.82, 2.24) is 5.32 Å². The highest BCUT2D eigenvalue weighted by molar-refractivity contribution is 7.17. The Morgan fingerprint density at radius 3 is 2.42 bits per heavy atom. The van der Waals surface area contributed by atoms with E-state index in [0.717, 1.165) is 55.6 Å². The third-order valence-corrected chi connectivity index (χ3v) is 8.19. The molecule has 2 saturated carbocycles. The molecule has 194 valence electrons. The first-order valence-electron chi connectivity index (χ1n) is 12.9. The number of carbonyl (C=O) groups is 2. The molecule has 8 nitrogen and oxygen atoms in total. The topological polar surface area (TPSA) is 127 Å². The zero-order valence-electron chi connectivity index (χ0n) is 20.9. The molecule has 0 bridgehead atoms. The largest absolute Gasteiger partial charge is 0.352 e. The number of nitrogens with one attached hydrogen (secondary N) is 2. The predicted molar refractivity (Wildman–Crippen MR) is 142 cm³/mol. The van der Waals surface area contributed by atoms with Crippen LogP contribution < -0.4 is 16.4 Å².